The van der Waals surface area contributed by atoms with Gasteiger partial charge >= 0.3 is 0 Å². The second kappa shape index (κ2) is 10.6. The normalized spacial score (nSPS) is 9.79. The molecular weight excluding hydrogens is 238 g/mol. The molecule has 108 valence electrons. The molecule has 1 aromatic carbocycles. The zero-order chi connectivity index (χ0) is 14.7. The van der Waals surface area contributed by atoms with E-state index in [-0.39, 0.29) is 12.0 Å². The van der Waals surface area contributed by atoms with Crippen molar-refractivity contribution in [2.75, 3.05) is 6.54 Å². The van der Waals surface area contributed by atoms with Gasteiger partial charge in [-0.1, -0.05) is 38.1 Å². The summed E-state index contributed by atoms with van der Waals surface area (Å²) in [5.41, 5.74) is 2.17. The lowest BCUT2D eigenvalue weighted by Gasteiger charge is -2.08. The fourth-order valence-electron chi connectivity index (χ4n) is 1.46. The highest BCUT2D eigenvalue weighted by atomic mass is 16.5. The summed E-state index contributed by atoms with van der Waals surface area (Å²) in [4.78, 5) is 11.4. The molecule has 0 radical (unpaired) electrons. The first kappa shape index (κ1) is 17.6. The predicted octanol–water partition coefficient (Wildman–Crippen LogP) is 3.32. The second-order valence-corrected chi connectivity index (χ2v) is 4.31. The summed E-state index contributed by atoms with van der Waals surface area (Å²) >= 11 is 0. The van der Waals surface area contributed by atoms with Gasteiger partial charge in [-0.05, 0) is 31.9 Å². The van der Waals surface area contributed by atoms with Crippen LogP contribution in [0, 0.1) is 0 Å². The molecule has 3 heteroatoms. The van der Waals surface area contributed by atoms with Gasteiger partial charge in [0.25, 0.3) is 0 Å². The van der Waals surface area contributed by atoms with E-state index in [1.165, 1.54) is 0 Å². The summed E-state index contributed by atoms with van der Waals surface area (Å²) in [5.74, 6) is 0.0682. The van der Waals surface area contributed by atoms with Gasteiger partial charge in [-0.2, -0.15) is 0 Å². The highest BCUT2D eigenvalue weighted by Crippen LogP contribution is 2.07. The van der Waals surface area contributed by atoms with E-state index in [9.17, 15) is 4.79 Å². The molecule has 19 heavy (non-hydrogen) atoms. The molecule has 0 fully saturated rings. The molecule has 0 aliphatic carbocycles. The van der Waals surface area contributed by atoms with Crippen molar-refractivity contribution in [3.63, 3.8) is 0 Å². The standard InChI is InChI=1S/C14H21NO2.C2H6/c1-4-15-14(16)9-12-5-7-13(8-6-12)10-17-11(2)3;1-2/h5-8,11H,4,9-10H2,1-3H3,(H,15,16);1-2H3. The third-order valence-corrected chi connectivity index (χ3v) is 2.34. The van der Waals surface area contributed by atoms with Crippen LogP contribution in [-0.4, -0.2) is 18.6 Å². The van der Waals surface area contributed by atoms with Crippen LogP contribution in [0.15, 0.2) is 24.3 Å². The summed E-state index contributed by atoms with van der Waals surface area (Å²) in [6.07, 6.45) is 0.684. The minimum atomic E-state index is 0.0682. The van der Waals surface area contributed by atoms with Crippen LogP contribution in [0.4, 0.5) is 0 Å². The molecule has 1 N–H and O–H groups in total. The number of likely N-dealkylation sites (N-methyl/N-ethyl adjacent to an activating group) is 1. The van der Waals surface area contributed by atoms with E-state index in [0.717, 1.165) is 11.1 Å². The maximum absolute atomic E-state index is 11.4. The van der Waals surface area contributed by atoms with Crippen LogP contribution in [-0.2, 0) is 22.6 Å². The summed E-state index contributed by atoms with van der Waals surface area (Å²) in [7, 11) is 0. The van der Waals surface area contributed by atoms with Gasteiger partial charge < -0.3 is 10.1 Å². The first-order chi connectivity index (χ1) is 9.11. The van der Waals surface area contributed by atoms with E-state index in [1.54, 1.807) is 0 Å². The smallest absolute Gasteiger partial charge is 0.224 e. The van der Waals surface area contributed by atoms with Gasteiger partial charge in [-0.3, -0.25) is 4.79 Å². The molecule has 0 bridgehead atoms. The van der Waals surface area contributed by atoms with Crippen molar-refractivity contribution >= 4 is 5.91 Å². The van der Waals surface area contributed by atoms with Crippen molar-refractivity contribution in [2.24, 2.45) is 0 Å². The summed E-state index contributed by atoms with van der Waals surface area (Å²) < 4.78 is 5.51. The lowest BCUT2D eigenvalue weighted by atomic mass is 10.1. The molecule has 1 aromatic rings. The van der Waals surface area contributed by atoms with Crippen molar-refractivity contribution in [1.82, 2.24) is 5.32 Å². The Morgan fingerprint density at radius 2 is 1.68 bits per heavy atom. The minimum absolute atomic E-state index is 0.0682. The largest absolute Gasteiger partial charge is 0.374 e. The zero-order valence-corrected chi connectivity index (χ0v) is 12.8. The second-order valence-electron chi connectivity index (χ2n) is 4.31. The molecule has 0 unspecified atom stereocenters. The van der Waals surface area contributed by atoms with E-state index in [0.29, 0.717) is 19.6 Å². The molecule has 0 saturated heterocycles. The Hall–Kier alpha value is -1.35. The lowest BCUT2D eigenvalue weighted by Crippen LogP contribution is -2.24. The maximum atomic E-state index is 11.4. The molecule has 0 aliphatic rings. The van der Waals surface area contributed by atoms with Crippen LogP contribution in [0.3, 0.4) is 0 Å². The van der Waals surface area contributed by atoms with Crippen LogP contribution in [0.2, 0.25) is 0 Å². The first-order valence-corrected chi connectivity index (χ1v) is 7.08. The van der Waals surface area contributed by atoms with Crippen molar-refractivity contribution < 1.29 is 9.53 Å². The third kappa shape index (κ3) is 8.38. The SMILES string of the molecule is CC.CCNC(=O)Cc1ccc(COC(C)C)cc1. The monoisotopic (exact) mass is 265 g/mol. The number of carbonyl (C=O) groups is 1. The van der Waals surface area contributed by atoms with Gasteiger partial charge in [-0.15, -0.1) is 0 Å². The summed E-state index contributed by atoms with van der Waals surface area (Å²) in [6.45, 7) is 11.3. The lowest BCUT2D eigenvalue weighted by molar-refractivity contribution is -0.120. The van der Waals surface area contributed by atoms with Crippen LogP contribution in [0.25, 0.3) is 0 Å². The Morgan fingerprint density at radius 3 is 2.16 bits per heavy atom. The van der Waals surface area contributed by atoms with E-state index < -0.39 is 0 Å². The Labute approximate surface area is 117 Å². The zero-order valence-electron chi connectivity index (χ0n) is 12.8. The number of rotatable bonds is 6. The van der Waals surface area contributed by atoms with Crippen LogP contribution in [0.5, 0.6) is 0 Å². The van der Waals surface area contributed by atoms with Crippen LogP contribution < -0.4 is 5.32 Å². The Kier molecular flexibility index (Phi) is 9.81. The third-order valence-electron chi connectivity index (χ3n) is 2.34. The quantitative estimate of drug-likeness (QED) is 0.857. The van der Waals surface area contributed by atoms with E-state index >= 15 is 0 Å². The highest BCUT2D eigenvalue weighted by molar-refractivity contribution is 5.78. The molecule has 3 nitrogen and oxygen atoms in total. The average Bonchev–Trinajstić information content (AvgIpc) is 2.40. The molecule has 0 saturated carbocycles. The van der Waals surface area contributed by atoms with Gasteiger partial charge in [0, 0.05) is 6.54 Å². The van der Waals surface area contributed by atoms with Crippen molar-refractivity contribution in [3.05, 3.63) is 35.4 Å². The minimum Gasteiger partial charge on any atom is -0.374 e. The van der Waals surface area contributed by atoms with E-state index in [2.05, 4.69) is 5.32 Å². The van der Waals surface area contributed by atoms with Gasteiger partial charge in [0.2, 0.25) is 5.91 Å². The number of ether oxygens (including phenoxy) is 1. The predicted molar refractivity (Wildman–Crippen MR) is 80.1 cm³/mol. The molecule has 0 spiro atoms. The number of benzene rings is 1. The Morgan fingerprint density at radius 1 is 1.16 bits per heavy atom. The number of hydrogen-bond donors (Lipinski definition) is 1. The summed E-state index contributed by atoms with van der Waals surface area (Å²) in [6, 6.07) is 7.98. The molecule has 0 heterocycles. The molecule has 1 rings (SSSR count). The first-order valence-electron chi connectivity index (χ1n) is 7.08. The fourth-order valence-corrected chi connectivity index (χ4v) is 1.46. The van der Waals surface area contributed by atoms with Crippen molar-refractivity contribution in [3.8, 4) is 0 Å². The Balaban J connectivity index is 0.00000154. The fraction of sp³-hybridized carbons (Fsp3) is 0.562. The average molecular weight is 265 g/mol. The number of nitrogens with one attached hydrogen (secondary N) is 1. The molecule has 0 aromatic heterocycles. The van der Waals surface area contributed by atoms with E-state index in [4.69, 9.17) is 4.74 Å². The van der Waals surface area contributed by atoms with E-state index in [1.807, 2.05) is 58.9 Å². The van der Waals surface area contributed by atoms with Crippen molar-refractivity contribution in [2.45, 2.75) is 53.8 Å². The van der Waals surface area contributed by atoms with Gasteiger partial charge in [0.15, 0.2) is 0 Å². The number of carbonyl (C=O) groups excluding carboxylic acids is 1. The van der Waals surface area contributed by atoms with Crippen LogP contribution in [0.1, 0.15) is 45.7 Å². The van der Waals surface area contributed by atoms with Crippen molar-refractivity contribution in [1.29, 1.82) is 0 Å². The van der Waals surface area contributed by atoms with Gasteiger partial charge in [0.1, 0.15) is 0 Å². The molecule has 0 atom stereocenters. The summed E-state index contributed by atoms with van der Waals surface area (Å²) in [5, 5.41) is 2.79. The van der Waals surface area contributed by atoms with Crippen LogP contribution >= 0.6 is 0 Å². The molecule has 0 aliphatic heterocycles. The molecule has 1 amide bonds. The Bertz CT molecular complexity index is 344. The number of amides is 1. The van der Waals surface area contributed by atoms with Gasteiger partial charge in [0.05, 0.1) is 19.1 Å². The molecular formula is C16H27NO2. The topological polar surface area (TPSA) is 38.3 Å². The maximum Gasteiger partial charge on any atom is 0.224 e. The number of hydrogen-bond acceptors (Lipinski definition) is 2. The van der Waals surface area contributed by atoms with Gasteiger partial charge in [-0.25, -0.2) is 0 Å². The highest BCUT2D eigenvalue weighted by Gasteiger charge is 2.02.